The van der Waals surface area contributed by atoms with Crippen molar-refractivity contribution in [3.8, 4) is 5.75 Å². The van der Waals surface area contributed by atoms with E-state index < -0.39 is 10.0 Å². The van der Waals surface area contributed by atoms with Crippen molar-refractivity contribution in [2.24, 2.45) is 5.92 Å². The third-order valence-corrected chi connectivity index (χ3v) is 7.47. The van der Waals surface area contributed by atoms with Crippen molar-refractivity contribution in [3.05, 3.63) is 59.7 Å². The fraction of sp³-hybridized carbons (Fsp3) is 0.458. The second-order valence-corrected chi connectivity index (χ2v) is 10.4. The van der Waals surface area contributed by atoms with E-state index in [1.165, 1.54) is 10.4 Å². The molecular weight excluding hydrogens is 412 g/mol. The standard InChI is InChI=1S/C24H32N2O4S/c1-18(2)16-23(19-10-12-21(30-3)13-11-19)25-24(27)20-8-7-9-22(17-20)31(28,29)26-14-5-4-6-15-26/h7-13,17-18,23H,4-6,14-16H2,1-3H3,(H,25,27). The van der Waals surface area contributed by atoms with Crippen molar-refractivity contribution in [2.45, 2.75) is 50.5 Å². The smallest absolute Gasteiger partial charge is 0.251 e. The molecule has 0 aliphatic carbocycles. The summed E-state index contributed by atoms with van der Waals surface area (Å²) < 4.78 is 32.7. The molecule has 6 nitrogen and oxygen atoms in total. The van der Waals surface area contributed by atoms with Gasteiger partial charge in [0.25, 0.3) is 5.91 Å². The zero-order chi connectivity index (χ0) is 22.4. The second-order valence-electron chi connectivity index (χ2n) is 8.42. The summed E-state index contributed by atoms with van der Waals surface area (Å²) in [4.78, 5) is 13.2. The van der Waals surface area contributed by atoms with Gasteiger partial charge in [0, 0.05) is 18.7 Å². The highest BCUT2D eigenvalue weighted by Gasteiger charge is 2.27. The van der Waals surface area contributed by atoms with Gasteiger partial charge in [0.1, 0.15) is 5.75 Å². The van der Waals surface area contributed by atoms with Gasteiger partial charge in [-0.1, -0.05) is 38.5 Å². The van der Waals surface area contributed by atoms with Crippen molar-refractivity contribution in [1.29, 1.82) is 0 Å². The van der Waals surface area contributed by atoms with Crippen LogP contribution in [-0.4, -0.2) is 38.8 Å². The lowest BCUT2D eigenvalue weighted by atomic mass is 9.96. The highest BCUT2D eigenvalue weighted by Crippen LogP contribution is 2.25. The first-order valence-corrected chi connectivity index (χ1v) is 12.3. The van der Waals surface area contributed by atoms with Gasteiger partial charge in [-0.25, -0.2) is 8.42 Å². The van der Waals surface area contributed by atoms with E-state index in [0.717, 1.165) is 37.0 Å². The van der Waals surface area contributed by atoms with E-state index in [4.69, 9.17) is 4.74 Å². The van der Waals surface area contributed by atoms with E-state index in [-0.39, 0.29) is 16.8 Å². The number of nitrogens with zero attached hydrogens (tertiary/aromatic N) is 1. The largest absolute Gasteiger partial charge is 0.497 e. The van der Waals surface area contributed by atoms with Crippen LogP contribution in [0.1, 0.15) is 61.5 Å². The third kappa shape index (κ3) is 5.86. The highest BCUT2D eigenvalue weighted by molar-refractivity contribution is 7.89. The maximum Gasteiger partial charge on any atom is 0.251 e. The molecule has 168 valence electrons. The average Bonchev–Trinajstić information content (AvgIpc) is 2.79. The molecule has 3 rings (SSSR count). The molecule has 0 spiro atoms. The Kier molecular flexibility index (Phi) is 7.73. The van der Waals surface area contributed by atoms with Crippen LogP contribution in [0.3, 0.4) is 0 Å². The van der Waals surface area contributed by atoms with Crippen molar-refractivity contribution in [2.75, 3.05) is 20.2 Å². The molecule has 1 aliphatic heterocycles. The van der Waals surface area contributed by atoms with Gasteiger partial charge in [-0.05, 0) is 61.1 Å². The van der Waals surface area contributed by atoms with Crippen LogP contribution in [0.25, 0.3) is 0 Å². The van der Waals surface area contributed by atoms with Crippen LogP contribution >= 0.6 is 0 Å². The number of hydrogen-bond acceptors (Lipinski definition) is 4. The topological polar surface area (TPSA) is 75.7 Å². The summed E-state index contributed by atoms with van der Waals surface area (Å²) in [7, 11) is -1.97. The molecule has 0 aromatic heterocycles. The summed E-state index contributed by atoms with van der Waals surface area (Å²) in [5.41, 5.74) is 1.33. The molecule has 31 heavy (non-hydrogen) atoms. The first-order valence-electron chi connectivity index (χ1n) is 10.9. The second kappa shape index (κ2) is 10.3. The SMILES string of the molecule is COc1ccc(C(CC(C)C)NC(=O)c2cccc(S(=O)(=O)N3CCCCC3)c2)cc1. The van der Waals surface area contributed by atoms with Gasteiger partial charge in [0.05, 0.1) is 18.0 Å². The van der Waals surface area contributed by atoms with Crippen LogP contribution < -0.4 is 10.1 Å². The molecule has 2 aromatic rings. The van der Waals surface area contributed by atoms with Crippen LogP contribution in [0.4, 0.5) is 0 Å². The molecule has 1 heterocycles. The summed E-state index contributed by atoms with van der Waals surface area (Å²) in [6, 6.07) is 13.8. The zero-order valence-electron chi connectivity index (χ0n) is 18.5. The molecule has 0 saturated carbocycles. The molecule has 1 fully saturated rings. The number of sulfonamides is 1. The molecule has 0 radical (unpaired) electrons. The van der Waals surface area contributed by atoms with Crippen molar-refractivity contribution < 1.29 is 17.9 Å². The molecule has 0 bridgehead atoms. The van der Waals surface area contributed by atoms with Crippen LogP contribution in [0.2, 0.25) is 0 Å². The maximum absolute atomic E-state index is 13.0. The molecule has 7 heteroatoms. The number of rotatable bonds is 8. The number of ether oxygens (including phenoxy) is 1. The normalized spacial score (nSPS) is 16.1. The quantitative estimate of drug-likeness (QED) is 0.655. The summed E-state index contributed by atoms with van der Waals surface area (Å²) in [5, 5.41) is 3.09. The minimum Gasteiger partial charge on any atom is -0.497 e. The van der Waals surface area contributed by atoms with Gasteiger partial charge < -0.3 is 10.1 Å². The van der Waals surface area contributed by atoms with E-state index in [1.807, 2.05) is 24.3 Å². The van der Waals surface area contributed by atoms with E-state index in [9.17, 15) is 13.2 Å². The molecule has 1 amide bonds. The molecule has 1 atom stereocenters. The Bertz CT molecular complexity index is 981. The maximum atomic E-state index is 13.0. The van der Waals surface area contributed by atoms with E-state index in [0.29, 0.717) is 24.6 Å². The summed E-state index contributed by atoms with van der Waals surface area (Å²) in [6.07, 6.45) is 3.57. The van der Waals surface area contributed by atoms with Crippen LogP contribution in [0, 0.1) is 5.92 Å². The lowest BCUT2D eigenvalue weighted by Crippen LogP contribution is -2.35. The molecule has 1 saturated heterocycles. The molecule has 1 unspecified atom stereocenters. The monoisotopic (exact) mass is 444 g/mol. The third-order valence-electron chi connectivity index (χ3n) is 5.58. The molecule has 1 N–H and O–H groups in total. The Hall–Kier alpha value is -2.38. The van der Waals surface area contributed by atoms with Gasteiger partial charge in [-0.15, -0.1) is 0 Å². The number of carbonyl (C=O) groups excluding carboxylic acids is 1. The first kappa shape index (κ1) is 23.3. The first-order chi connectivity index (χ1) is 14.8. The number of benzene rings is 2. The van der Waals surface area contributed by atoms with Crippen molar-refractivity contribution >= 4 is 15.9 Å². The number of carbonyl (C=O) groups is 1. The molecule has 1 aliphatic rings. The molecular formula is C24H32N2O4S. The predicted octanol–water partition coefficient (Wildman–Crippen LogP) is 4.39. The minimum absolute atomic E-state index is 0.173. The average molecular weight is 445 g/mol. The van der Waals surface area contributed by atoms with Gasteiger partial charge in [0.15, 0.2) is 0 Å². The minimum atomic E-state index is -3.59. The fourth-order valence-electron chi connectivity index (χ4n) is 3.88. The number of nitrogens with one attached hydrogen (secondary N) is 1. The molecule has 2 aromatic carbocycles. The number of hydrogen-bond donors (Lipinski definition) is 1. The Morgan fingerprint density at radius 3 is 2.35 bits per heavy atom. The van der Waals surface area contributed by atoms with Crippen LogP contribution in [-0.2, 0) is 10.0 Å². The predicted molar refractivity (Wildman–Crippen MR) is 122 cm³/mol. The number of piperidine rings is 1. The van der Waals surface area contributed by atoms with E-state index >= 15 is 0 Å². The Labute approximate surface area is 185 Å². The van der Waals surface area contributed by atoms with Gasteiger partial charge in [-0.3, -0.25) is 4.79 Å². The zero-order valence-corrected chi connectivity index (χ0v) is 19.3. The van der Waals surface area contributed by atoms with Crippen LogP contribution in [0.5, 0.6) is 5.75 Å². The Morgan fingerprint density at radius 1 is 1.06 bits per heavy atom. The lowest BCUT2D eigenvalue weighted by Gasteiger charge is -2.26. The Balaban J connectivity index is 1.81. The summed E-state index contributed by atoms with van der Waals surface area (Å²) in [6.45, 7) is 5.28. The van der Waals surface area contributed by atoms with Crippen LogP contribution in [0.15, 0.2) is 53.4 Å². The lowest BCUT2D eigenvalue weighted by molar-refractivity contribution is 0.0931. The number of amides is 1. The Morgan fingerprint density at radius 2 is 1.74 bits per heavy atom. The van der Waals surface area contributed by atoms with Crippen molar-refractivity contribution in [3.63, 3.8) is 0 Å². The number of methoxy groups -OCH3 is 1. The summed E-state index contributed by atoms with van der Waals surface area (Å²) >= 11 is 0. The van der Waals surface area contributed by atoms with Gasteiger partial charge >= 0.3 is 0 Å². The van der Waals surface area contributed by atoms with E-state index in [1.54, 1.807) is 25.3 Å². The van der Waals surface area contributed by atoms with Gasteiger partial charge in [-0.2, -0.15) is 4.31 Å². The van der Waals surface area contributed by atoms with Gasteiger partial charge in [0.2, 0.25) is 10.0 Å². The highest BCUT2D eigenvalue weighted by atomic mass is 32.2. The fourth-order valence-corrected chi connectivity index (χ4v) is 5.44. The summed E-state index contributed by atoms with van der Waals surface area (Å²) in [5.74, 6) is 0.851. The van der Waals surface area contributed by atoms with Crippen molar-refractivity contribution in [1.82, 2.24) is 9.62 Å². The van der Waals surface area contributed by atoms with E-state index in [2.05, 4.69) is 19.2 Å².